The van der Waals surface area contributed by atoms with Crippen LogP contribution in [-0.2, 0) is 19.0 Å². The van der Waals surface area contributed by atoms with Crippen LogP contribution in [0.2, 0.25) is 0 Å². The SMILES string of the molecule is Cn1c(CN)cnc1C12CC3CC(CC(C3)C1)C2. The van der Waals surface area contributed by atoms with Crippen LogP contribution in [0.25, 0.3) is 0 Å². The van der Waals surface area contributed by atoms with Crippen molar-refractivity contribution in [1.82, 2.24) is 9.55 Å². The summed E-state index contributed by atoms with van der Waals surface area (Å²) >= 11 is 0. The van der Waals surface area contributed by atoms with Crippen LogP contribution in [0.15, 0.2) is 6.20 Å². The monoisotopic (exact) mass is 245 g/mol. The fourth-order valence-electron chi connectivity index (χ4n) is 5.51. The molecule has 0 spiro atoms. The number of imidazole rings is 1. The highest BCUT2D eigenvalue weighted by Crippen LogP contribution is 2.60. The molecule has 0 radical (unpaired) electrons. The summed E-state index contributed by atoms with van der Waals surface area (Å²) in [6, 6.07) is 0. The molecule has 1 aromatic heterocycles. The molecule has 4 aliphatic carbocycles. The molecule has 2 N–H and O–H groups in total. The number of hydrogen-bond donors (Lipinski definition) is 1. The molecule has 5 rings (SSSR count). The minimum Gasteiger partial charge on any atom is -0.333 e. The Morgan fingerprint density at radius 3 is 2.22 bits per heavy atom. The van der Waals surface area contributed by atoms with Crippen molar-refractivity contribution in [3.05, 3.63) is 17.7 Å². The number of hydrogen-bond acceptors (Lipinski definition) is 2. The summed E-state index contributed by atoms with van der Waals surface area (Å²) in [5.74, 6) is 4.28. The van der Waals surface area contributed by atoms with E-state index in [-0.39, 0.29) is 0 Å². The van der Waals surface area contributed by atoms with Crippen LogP contribution in [0.4, 0.5) is 0 Å². The molecule has 0 aromatic carbocycles. The van der Waals surface area contributed by atoms with Gasteiger partial charge in [-0.1, -0.05) is 0 Å². The highest BCUT2D eigenvalue weighted by molar-refractivity contribution is 5.21. The van der Waals surface area contributed by atoms with Gasteiger partial charge in [-0.2, -0.15) is 0 Å². The van der Waals surface area contributed by atoms with Gasteiger partial charge in [-0.05, 0) is 56.3 Å². The molecule has 0 aliphatic heterocycles. The van der Waals surface area contributed by atoms with Gasteiger partial charge in [0.2, 0.25) is 0 Å². The summed E-state index contributed by atoms with van der Waals surface area (Å²) in [4.78, 5) is 4.76. The molecule has 18 heavy (non-hydrogen) atoms. The predicted octanol–water partition coefficient (Wildman–Crippen LogP) is 2.35. The molecule has 3 nitrogen and oxygen atoms in total. The first-order valence-corrected chi connectivity index (χ1v) is 7.41. The van der Waals surface area contributed by atoms with Crippen LogP contribution in [0.1, 0.15) is 50.0 Å². The summed E-state index contributed by atoms with van der Waals surface area (Å²) in [6.45, 7) is 0.607. The summed E-state index contributed by atoms with van der Waals surface area (Å²) in [5.41, 5.74) is 7.38. The first-order chi connectivity index (χ1) is 8.70. The zero-order valence-corrected chi connectivity index (χ0v) is 11.2. The Hall–Kier alpha value is -0.830. The Morgan fingerprint density at radius 2 is 1.78 bits per heavy atom. The number of rotatable bonds is 2. The Labute approximate surface area is 109 Å². The van der Waals surface area contributed by atoms with Gasteiger partial charge >= 0.3 is 0 Å². The lowest BCUT2D eigenvalue weighted by atomic mass is 9.49. The molecular weight excluding hydrogens is 222 g/mol. The fourth-order valence-corrected chi connectivity index (χ4v) is 5.51. The zero-order valence-electron chi connectivity index (χ0n) is 11.2. The van der Waals surface area contributed by atoms with E-state index in [1.807, 2.05) is 6.20 Å². The van der Waals surface area contributed by atoms with Gasteiger partial charge in [0.1, 0.15) is 5.82 Å². The first-order valence-electron chi connectivity index (χ1n) is 7.41. The Bertz CT molecular complexity index is 439. The minimum absolute atomic E-state index is 0.400. The van der Waals surface area contributed by atoms with Crippen molar-refractivity contribution in [1.29, 1.82) is 0 Å². The fraction of sp³-hybridized carbons (Fsp3) is 0.800. The second-order valence-electron chi connectivity index (χ2n) is 7.03. The second kappa shape index (κ2) is 3.60. The summed E-state index contributed by atoms with van der Waals surface area (Å²) < 4.78 is 2.28. The topological polar surface area (TPSA) is 43.8 Å². The van der Waals surface area contributed by atoms with Gasteiger partial charge in [-0.25, -0.2) is 4.98 Å². The van der Waals surface area contributed by atoms with Gasteiger partial charge in [-0.15, -0.1) is 0 Å². The average molecular weight is 245 g/mol. The highest BCUT2D eigenvalue weighted by atomic mass is 15.1. The lowest BCUT2D eigenvalue weighted by molar-refractivity contribution is -0.0106. The number of nitrogens with zero attached hydrogens (tertiary/aromatic N) is 2. The van der Waals surface area contributed by atoms with E-state index in [0.29, 0.717) is 12.0 Å². The van der Waals surface area contributed by atoms with Gasteiger partial charge < -0.3 is 10.3 Å². The van der Waals surface area contributed by atoms with Crippen molar-refractivity contribution in [3.63, 3.8) is 0 Å². The predicted molar refractivity (Wildman–Crippen MR) is 70.9 cm³/mol. The molecule has 98 valence electrons. The smallest absolute Gasteiger partial charge is 0.114 e. The maximum atomic E-state index is 5.79. The quantitative estimate of drug-likeness (QED) is 0.869. The third-order valence-corrected chi connectivity index (χ3v) is 5.81. The van der Waals surface area contributed by atoms with E-state index >= 15 is 0 Å². The van der Waals surface area contributed by atoms with Crippen molar-refractivity contribution in [2.75, 3.05) is 0 Å². The van der Waals surface area contributed by atoms with Crippen LogP contribution < -0.4 is 5.73 Å². The summed E-state index contributed by atoms with van der Waals surface area (Å²) in [7, 11) is 2.16. The standard InChI is InChI=1S/C15H23N3/c1-18-13(8-16)9-17-14(18)15-5-10-2-11(6-15)4-12(3-10)7-15/h9-12H,2-8,16H2,1H3. The molecule has 0 atom stereocenters. The van der Waals surface area contributed by atoms with Crippen LogP contribution in [0.5, 0.6) is 0 Å². The Kier molecular flexibility index (Phi) is 2.20. The van der Waals surface area contributed by atoms with Crippen LogP contribution in [0.3, 0.4) is 0 Å². The average Bonchev–Trinajstić information content (AvgIpc) is 2.69. The molecular formula is C15H23N3. The van der Waals surface area contributed by atoms with E-state index in [2.05, 4.69) is 11.6 Å². The van der Waals surface area contributed by atoms with Gasteiger partial charge in [0.25, 0.3) is 0 Å². The van der Waals surface area contributed by atoms with Crippen LogP contribution in [0, 0.1) is 17.8 Å². The first kappa shape index (κ1) is 11.0. The van der Waals surface area contributed by atoms with Gasteiger partial charge in [0.05, 0.1) is 5.69 Å². The van der Waals surface area contributed by atoms with Crippen molar-refractivity contribution in [2.24, 2.45) is 30.5 Å². The van der Waals surface area contributed by atoms with Gasteiger partial charge in [0.15, 0.2) is 0 Å². The largest absolute Gasteiger partial charge is 0.333 e. The highest BCUT2D eigenvalue weighted by Gasteiger charge is 2.53. The molecule has 1 heterocycles. The van der Waals surface area contributed by atoms with E-state index < -0.39 is 0 Å². The van der Waals surface area contributed by atoms with E-state index in [1.54, 1.807) is 0 Å². The maximum Gasteiger partial charge on any atom is 0.114 e. The molecule has 4 bridgehead atoms. The number of aromatic nitrogens is 2. The second-order valence-corrected chi connectivity index (χ2v) is 7.03. The zero-order chi connectivity index (χ0) is 12.3. The minimum atomic E-state index is 0.400. The third kappa shape index (κ3) is 1.37. The Balaban J connectivity index is 1.76. The molecule has 4 saturated carbocycles. The van der Waals surface area contributed by atoms with E-state index in [0.717, 1.165) is 17.8 Å². The Morgan fingerprint density at radius 1 is 1.22 bits per heavy atom. The van der Waals surface area contributed by atoms with Crippen molar-refractivity contribution >= 4 is 0 Å². The van der Waals surface area contributed by atoms with Gasteiger partial charge in [0, 0.05) is 25.2 Å². The van der Waals surface area contributed by atoms with Crippen molar-refractivity contribution in [2.45, 2.75) is 50.5 Å². The van der Waals surface area contributed by atoms with E-state index in [4.69, 9.17) is 10.7 Å². The van der Waals surface area contributed by atoms with Crippen LogP contribution in [-0.4, -0.2) is 9.55 Å². The van der Waals surface area contributed by atoms with Gasteiger partial charge in [-0.3, -0.25) is 0 Å². The molecule has 4 fully saturated rings. The number of nitrogens with two attached hydrogens (primary N) is 1. The lowest BCUT2D eigenvalue weighted by Gasteiger charge is -2.56. The lowest BCUT2D eigenvalue weighted by Crippen LogP contribution is -2.49. The van der Waals surface area contributed by atoms with Crippen molar-refractivity contribution in [3.8, 4) is 0 Å². The van der Waals surface area contributed by atoms with Crippen LogP contribution >= 0.6 is 0 Å². The normalized spacial score (nSPS) is 41.6. The van der Waals surface area contributed by atoms with E-state index in [1.165, 1.54) is 50.0 Å². The maximum absolute atomic E-state index is 5.79. The molecule has 4 aliphatic rings. The molecule has 1 aromatic rings. The molecule has 0 saturated heterocycles. The molecule has 0 amide bonds. The third-order valence-electron chi connectivity index (χ3n) is 5.81. The summed E-state index contributed by atoms with van der Waals surface area (Å²) in [5, 5.41) is 0. The van der Waals surface area contributed by atoms with E-state index in [9.17, 15) is 0 Å². The molecule has 3 heteroatoms. The summed E-state index contributed by atoms with van der Waals surface area (Å²) in [6.07, 6.45) is 10.6. The van der Waals surface area contributed by atoms with Crippen molar-refractivity contribution < 1.29 is 0 Å². The molecule has 0 unspecified atom stereocenters.